The molecule has 1 aromatic heterocycles. The number of furan rings is 1. The van der Waals surface area contributed by atoms with Gasteiger partial charge in [0, 0.05) is 5.56 Å². The quantitative estimate of drug-likeness (QED) is 0.438. The van der Waals surface area contributed by atoms with Crippen LogP contribution in [0.1, 0.15) is 36.8 Å². The second-order valence-electron chi connectivity index (χ2n) is 7.70. The fourth-order valence-corrected chi connectivity index (χ4v) is 3.72. The molecule has 0 saturated heterocycles. The van der Waals surface area contributed by atoms with Crippen LogP contribution in [0, 0.1) is 0 Å². The van der Waals surface area contributed by atoms with Crippen LogP contribution in [0.15, 0.2) is 69.7 Å². The van der Waals surface area contributed by atoms with Crippen molar-refractivity contribution >= 4 is 41.2 Å². The number of fused-ring (bicyclic) bond motifs is 1. The molecule has 0 radical (unpaired) electrons. The second-order valence-corrected chi connectivity index (χ2v) is 7.70. The molecule has 12 heteroatoms. The Hall–Kier alpha value is -5.00. The number of nitrogens with one attached hydrogen (secondary N) is 1. The highest BCUT2D eigenvalue weighted by Gasteiger charge is 2.47. The molecule has 0 spiro atoms. The number of alkyl halides is 3. The van der Waals surface area contributed by atoms with Gasteiger partial charge in [-0.15, -0.1) is 0 Å². The Kier molecular flexibility index (Phi) is 5.09. The number of benzene rings is 2. The number of rotatable bonds is 4. The number of carbonyl (C=O) groups is 4. The minimum absolute atomic E-state index is 0.0822. The highest BCUT2D eigenvalue weighted by Crippen LogP contribution is 2.34. The summed E-state index contributed by atoms with van der Waals surface area (Å²) in [5.74, 6) is -3.62. The van der Waals surface area contributed by atoms with E-state index in [2.05, 4.69) is 10.4 Å². The lowest BCUT2D eigenvalue weighted by molar-refractivity contribution is -0.255. The minimum Gasteiger partial charge on any atom is -0.545 e. The first-order valence-electron chi connectivity index (χ1n) is 10.2. The van der Waals surface area contributed by atoms with E-state index in [1.165, 1.54) is 30.3 Å². The van der Waals surface area contributed by atoms with Gasteiger partial charge in [0.15, 0.2) is 5.71 Å². The molecule has 0 bridgehead atoms. The number of amides is 3. The maximum absolute atomic E-state index is 13.7. The van der Waals surface area contributed by atoms with Gasteiger partial charge in [-0.3, -0.25) is 19.7 Å². The maximum atomic E-state index is 13.7. The summed E-state index contributed by atoms with van der Waals surface area (Å²) in [6, 6.07) is 11.5. The van der Waals surface area contributed by atoms with E-state index in [0.29, 0.717) is 10.6 Å². The number of halogens is 3. The normalized spacial score (nSPS) is 16.4. The lowest BCUT2D eigenvalue weighted by atomic mass is 10.0. The van der Waals surface area contributed by atoms with Crippen molar-refractivity contribution in [3.63, 3.8) is 0 Å². The zero-order chi connectivity index (χ0) is 25.8. The standard InChI is InChI=1S/C24H12F3N3O6/c25-24(26,27)19-17(22(33)30(29-19)13-4-1-11(2-5-13)23(34)35)10-14-6-8-18(36-14)12-3-7-15-16(9-12)21(32)28-20(15)31/h1-10H,(H,34,35)(H,28,31,32)/p-1/b17-10-. The van der Waals surface area contributed by atoms with E-state index < -0.39 is 41.2 Å². The van der Waals surface area contributed by atoms with Crippen LogP contribution in [-0.4, -0.2) is 35.6 Å². The first-order valence-corrected chi connectivity index (χ1v) is 10.2. The van der Waals surface area contributed by atoms with Crippen LogP contribution < -0.4 is 15.4 Å². The fraction of sp³-hybridized carbons (Fsp3) is 0.0417. The Balaban J connectivity index is 1.48. The van der Waals surface area contributed by atoms with Crippen molar-refractivity contribution in [2.75, 3.05) is 5.01 Å². The highest BCUT2D eigenvalue weighted by molar-refractivity contribution is 6.34. The first kappa shape index (κ1) is 22.8. The zero-order valence-corrected chi connectivity index (χ0v) is 17.8. The van der Waals surface area contributed by atoms with Crippen molar-refractivity contribution in [3.05, 3.63) is 82.6 Å². The fourth-order valence-electron chi connectivity index (χ4n) is 3.72. The van der Waals surface area contributed by atoms with Gasteiger partial charge in [-0.1, -0.05) is 18.2 Å². The smallest absolute Gasteiger partial charge is 0.435 e. The van der Waals surface area contributed by atoms with Gasteiger partial charge < -0.3 is 14.3 Å². The summed E-state index contributed by atoms with van der Waals surface area (Å²) < 4.78 is 46.6. The first-order chi connectivity index (χ1) is 17.0. The lowest BCUT2D eigenvalue weighted by Crippen LogP contribution is -2.25. The summed E-state index contributed by atoms with van der Waals surface area (Å²) in [6.07, 6.45) is -4.09. The molecular weight excluding hydrogens is 483 g/mol. The molecule has 180 valence electrons. The summed E-state index contributed by atoms with van der Waals surface area (Å²) in [4.78, 5) is 47.4. The van der Waals surface area contributed by atoms with E-state index in [-0.39, 0.29) is 33.9 Å². The van der Waals surface area contributed by atoms with E-state index in [0.717, 1.165) is 30.3 Å². The molecule has 0 aliphatic carbocycles. The Bertz CT molecular complexity index is 1530. The van der Waals surface area contributed by atoms with Gasteiger partial charge in [-0.05, 0) is 48.0 Å². The van der Waals surface area contributed by atoms with E-state index >= 15 is 0 Å². The molecule has 2 aliphatic rings. The molecular formula is C24H11F3N3O6-. The number of anilines is 1. The number of hydrogen-bond donors (Lipinski definition) is 1. The number of carboxylic acids is 1. The SMILES string of the molecule is O=C([O-])c1ccc(N2N=C(C(F)(F)F)/C(=C/c3ccc(-c4ccc5c(c4)C(=O)NC5=O)o3)C2=O)cc1. The molecule has 0 atom stereocenters. The summed E-state index contributed by atoms with van der Waals surface area (Å²) in [6.45, 7) is 0. The third-order valence-electron chi connectivity index (χ3n) is 5.43. The number of carbonyl (C=O) groups excluding carboxylic acids is 4. The summed E-state index contributed by atoms with van der Waals surface area (Å²) in [7, 11) is 0. The van der Waals surface area contributed by atoms with Gasteiger partial charge >= 0.3 is 6.18 Å². The van der Waals surface area contributed by atoms with Crippen LogP contribution in [0.3, 0.4) is 0 Å². The van der Waals surface area contributed by atoms with Gasteiger partial charge in [-0.25, -0.2) is 0 Å². The third kappa shape index (κ3) is 3.83. The zero-order valence-electron chi connectivity index (χ0n) is 17.8. The predicted molar refractivity (Wildman–Crippen MR) is 116 cm³/mol. The Morgan fingerprint density at radius 2 is 1.67 bits per heavy atom. The van der Waals surface area contributed by atoms with E-state index in [9.17, 15) is 37.5 Å². The van der Waals surface area contributed by atoms with Crippen LogP contribution in [-0.2, 0) is 4.79 Å². The summed E-state index contributed by atoms with van der Waals surface area (Å²) in [5.41, 5.74) is -1.84. The number of aromatic carboxylic acids is 1. The Morgan fingerprint density at radius 3 is 2.33 bits per heavy atom. The molecule has 5 rings (SSSR count). The van der Waals surface area contributed by atoms with Gasteiger partial charge in [0.25, 0.3) is 17.7 Å². The van der Waals surface area contributed by atoms with Crippen LogP contribution in [0.5, 0.6) is 0 Å². The van der Waals surface area contributed by atoms with Gasteiger partial charge in [0.05, 0.1) is 28.4 Å². The van der Waals surface area contributed by atoms with E-state index in [1.807, 2.05) is 0 Å². The van der Waals surface area contributed by atoms with Crippen molar-refractivity contribution in [1.29, 1.82) is 0 Å². The summed E-state index contributed by atoms with van der Waals surface area (Å²) in [5, 5.41) is 17.0. The van der Waals surface area contributed by atoms with Gasteiger partial charge in [-0.2, -0.15) is 23.3 Å². The molecule has 1 N–H and O–H groups in total. The van der Waals surface area contributed by atoms with Crippen molar-refractivity contribution in [3.8, 4) is 11.3 Å². The highest BCUT2D eigenvalue weighted by atomic mass is 19.4. The van der Waals surface area contributed by atoms with Crippen molar-refractivity contribution in [2.45, 2.75) is 6.18 Å². The van der Waals surface area contributed by atoms with E-state index in [4.69, 9.17) is 4.42 Å². The third-order valence-corrected chi connectivity index (χ3v) is 5.43. The number of hydrogen-bond acceptors (Lipinski definition) is 7. The van der Waals surface area contributed by atoms with Crippen LogP contribution >= 0.6 is 0 Å². The molecule has 2 aliphatic heterocycles. The molecule has 3 heterocycles. The number of carboxylic acid groups (broad SMARTS) is 1. The maximum Gasteiger partial charge on any atom is 0.435 e. The molecule has 0 unspecified atom stereocenters. The number of nitrogens with zero attached hydrogens (tertiary/aromatic N) is 2. The Morgan fingerprint density at radius 1 is 0.972 bits per heavy atom. The van der Waals surface area contributed by atoms with Gasteiger partial charge in [0.1, 0.15) is 11.5 Å². The number of hydrazone groups is 1. The average molecular weight is 494 g/mol. The average Bonchev–Trinajstić information content (AvgIpc) is 3.51. The number of imide groups is 1. The molecule has 3 amide bonds. The van der Waals surface area contributed by atoms with Crippen LogP contribution in [0.2, 0.25) is 0 Å². The molecule has 0 saturated carbocycles. The molecule has 0 fully saturated rings. The monoisotopic (exact) mass is 494 g/mol. The minimum atomic E-state index is -4.98. The Labute approximate surface area is 199 Å². The molecule has 9 nitrogen and oxygen atoms in total. The predicted octanol–water partition coefficient (Wildman–Crippen LogP) is 2.54. The van der Waals surface area contributed by atoms with Crippen LogP contribution in [0.4, 0.5) is 18.9 Å². The van der Waals surface area contributed by atoms with E-state index in [1.54, 1.807) is 0 Å². The molecule has 36 heavy (non-hydrogen) atoms. The van der Waals surface area contributed by atoms with Crippen molar-refractivity contribution < 1.29 is 41.9 Å². The summed E-state index contributed by atoms with van der Waals surface area (Å²) >= 11 is 0. The molecule has 2 aromatic carbocycles. The van der Waals surface area contributed by atoms with Crippen LogP contribution in [0.25, 0.3) is 17.4 Å². The lowest BCUT2D eigenvalue weighted by Gasteiger charge is -2.12. The largest absolute Gasteiger partial charge is 0.545 e. The topological polar surface area (TPSA) is 132 Å². The molecule has 3 aromatic rings. The van der Waals surface area contributed by atoms with Crippen molar-refractivity contribution in [1.82, 2.24) is 5.32 Å². The van der Waals surface area contributed by atoms with Crippen molar-refractivity contribution in [2.24, 2.45) is 5.10 Å². The van der Waals surface area contributed by atoms with Gasteiger partial charge in [0.2, 0.25) is 0 Å². The second kappa shape index (κ2) is 8.05.